The molecule has 9 nitrogen and oxygen atoms in total. The van der Waals surface area contributed by atoms with Gasteiger partial charge in [0.25, 0.3) is 5.91 Å². The summed E-state index contributed by atoms with van der Waals surface area (Å²) in [6.45, 7) is 0. The van der Waals surface area contributed by atoms with Crippen LogP contribution in [0, 0.1) is 0 Å². The van der Waals surface area contributed by atoms with E-state index in [2.05, 4.69) is 37.5 Å². The van der Waals surface area contributed by atoms with Gasteiger partial charge in [0.15, 0.2) is 5.65 Å². The number of rotatable bonds is 6. The van der Waals surface area contributed by atoms with Crippen LogP contribution in [0.5, 0.6) is 0 Å². The number of carbonyl (C=O) groups is 1. The molecule has 2 fully saturated rings. The van der Waals surface area contributed by atoms with Crippen molar-refractivity contribution in [2.24, 2.45) is 0 Å². The number of nitrogens with one attached hydrogen (secondary N) is 2. The second-order valence-corrected chi connectivity index (χ2v) is 8.56. The normalized spacial score (nSPS) is 20.4. The Bertz CT molecular complexity index is 1340. The fourth-order valence-electron chi connectivity index (χ4n) is 4.52. The van der Waals surface area contributed by atoms with Gasteiger partial charge in [-0.15, -0.1) is 0 Å². The van der Waals surface area contributed by atoms with Crippen molar-refractivity contribution in [3.8, 4) is 11.3 Å². The molecule has 0 aliphatic heterocycles. The van der Waals surface area contributed by atoms with Crippen molar-refractivity contribution >= 4 is 28.4 Å². The van der Waals surface area contributed by atoms with Gasteiger partial charge in [-0.1, -0.05) is 0 Å². The van der Waals surface area contributed by atoms with Crippen LogP contribution in [-0.2, 0) is 4.74 Å². The van der Waals surface area contributed by atoms with Gasteiger partial charge in [0.05, 0.1) is 24.0 Å². The first kappa shape index (κ1) is 19.2. The van der Waals surface area contributed by atoms with Gasteiger partial charge in [-0.2, -0.15) is 9.61 Å². The third-order valence-corrected chi connectivity index (χ3v) is 6.61. The fraction of sp³-hybridized carbons (Fsp3) is 0.391. The topological polar surface area (TPSA) is 98.4 Å². The molecule has 4 aromatic heterocycles. The van der Waals surface area contributed by atoms with Crippen molar-refractivity contribution in [3.63, 3.8) is 0 Å². The highest BCUT2D eigenvalue weighted by atomic mass is 16.5. The number of hydrogen-bond acceptors (Lipinski definition) is 6. The molecule has 2 aliphatic rings. The van der Waals surface area contributed by atoms with E-state index in [0.29, 0.717) is 17.3 Å². The molecule has 0 aromatic carbocycles. The second-order valence-electron chi connectivity index (χ2n) is 8.56. The minimum absolute atomic E-state index is 0.0250. The van der Waals surface area contributed by atoms with E-state index in [1.807, 2.05) is 25.4 Å². The Kier molecular flexibility index (Phi) is 4.39. The summed E-state index contributed by atoms with van der Waals surface area (Å²) in [5.74, 6) is 0.583. The van der Waals surface area contributed by atoms with Crippen molar-refractivity contribution in [1.82, 2.24) is 29.5 Å². The molecule has 1 unspecified atom stereocenters. The first-order chi connectivity index (χ1) is 15.7. The van der Waals surface area contributed by atoms with E-state index < -0.39 is 0 Å². The summed E-state index contributed by atoms with van der Waals surface area (Å²) in [4.78, 5) is 22.6. The number of hydrogen-bond donors (Lipinski definition) is 2. The summed E-state index contributed by atoms with van der Waals surface area (Å²) < 4.78 is 9.34. The summed E-state index contributed by atoms with van der Waals surface area (Å²) in [6, 6.07) is 6.52. The molecule has 1 amide bonds. The second kappa shape index (κ2) is 7.30. The fourth-order valence-corrected chi connectivity index (χ4v) is 4.52. The van der Waals surface area contributed by atoms with Crippen molar-refractivity contribution in [3.05, 3.63) is 42.4 Å². The minimum Gasteiger partial charge on any atom is -0.379 e. The molecule has 32 heavy (non-hydrogen) atoms. The molecule has 4 aromatic rings. The third-order valence-electron chi connectivity index (χ3n) is 6.61. The van der Waals surface area contributed by atoms with Crippen molar-refractivity contribution in [2.45, 2.75) is 43.9 Å². The molecule has 6 rings (SSSR count). The number of aromatic nitrogens is 5. The largest absolute Gasteiger partial charge is 0.379 e. The zero-order chi connectivity index (χ0) is 21.8. The summed E-state index contributed by atoms with van der Waals surface area (Å²) in [6.07, 6.45) is 9.83. The van der Waals surface area contributed by atoms with Crippen molar-refractivity contribution < 1.29 is 9.53 Å². The van der Waals surface area contributed by atoms with Gasteiger partial charge in [0, 0.05) is 49.6 Å². The van der Waals surface area contributed by atoms with Gasteiger partial charge in [-0.3, -0.25) is 4.79 Å². The standard InChI is InChI=1S/C23H25N7O2/c1-24-20-10-18(16-12-29(13-5-6-13)21-14(16)4-3-9-25-21)27-22-15(11-26-30(20)22)23(31)28-17-7-8-19(17)32-2/h3-4,9-13,17,19,24H,5-8H2,1-2H3,(H,28,31)/t17?,19-/m0/s1. The summed E-state index contributed by atoms with van der Waals surface area (Å²) in [5, 5.41) is 11.7. The summed E-state index contributed by atoms with van der Waals surface area (Å²) >= 11 is 0. The Morgan fingerprint density at radius 1 is 1.22 bits per heavy atom. The Hall–Kier alpha value is -3.46. The van der Waals surface area contributed by atoms with Crippen LogP contribution in [0.15, 0.2) is 36.8 Å². The summed E-state index contributed by atoms with van der Waals surface area (Å²) in [5.41, 5.74) is 3.74. The predicted octanol–water partition coefficient (Wildman–Crippen LogP) is 3.03. The number of methoxy groups -OCH3 is 1. The average molecular weight is 432 g/mol. The highest BCUT2D eigenvalue weighted by Crippen LogP contribution is 2.40. The smallest absolute Gasteiger partial charge is 0.257 e. The Balaban J connectivity index is 1.46. The highest BCUT2D eigenvalue weighted by molar-refractivity contribution is 6.01. The Labute approximate surface area is 184 Å². The molecule has 2 N–H and O–H groups in total. The van der Waals surface area contributed by atoms with Crippen LogP contribution < -0.4 is 10.6 Å². The van der Waals surface area contributed by atoms with E-state index in [1.165, 1.54) is 12.8 Å². The molecule has 0 saturated heterocycles. The van der Waals surface area contributed by atoms with Gasteiger partial charge in [-0.05, 0) is 37.8 Å². The SMILES string of the molecule is CNc1cc(-c2cn(C3CC3)c3ncccc23)nc2c(C(=O)NC3CC[C@@H]3OC)cnn12. The van der Waals surface area contributed by atoms with Crippen LogP contribution in [0.4, 0.5) is 5.82 Å². The number of fused-ring (bicyclic) bond motifs is 2. The Morgan fingerprint density at radius 3 is 2.81 bits per heavy atom. The lowest BCUT2D eigenvalue weighted by molar-refractivity contribution is 0.00732. The number of nitrogens with zero attached hydrogens (tertiary/aromatic N) is 5. The molecular weight excluding hydrogens is 406 g/mol. The molecule has 0 bridgehead atoms. The zero-order valence-electron chi connectivity index (χ0n) is 18.1. The molecule has 0 radical (unpaired) electrons. The van der Waals surface area contributed by atoms with E-state index in [9.17, 15) is 4.79 Å². The van der Waals surface area contributed by atoms with E-state index in [1.54, 1.807) is 17.8 Å². The van der Waals surface area contributed by atoms with Gasteiger partial charge in [0.1, 0.15) is 17.0 Å². The molecule has 4 heterocycles. The van der Waals surface area contributed by atoms with Crippen LogP contribution in [0.2, 0.25) is 0 Å². The molecule has 0 spiro atoms. The number of pyridine rings is 1. The lowest BCUT2D eigenvalue weighted by Crippen LogP contribution is -2.51. The van der Waals surface area contributed by atoms with E-state index in [4.69, 9.17) is 9.72 Å². The van der Waals surface area contributed by atoms with E-state index in [0.717, 1.165) is 41.0 Å². The maximum absolute atomic E-state index is 13.1. The molecule has 9 heteroatoms. The van der Waals surface area contributed by atoms with Gasteiger partial charge >= 0.3 is 0 Å². The monoisotopic (exact) mass is 431 g/mol. The molecule has 164 valence electrons. The number of ether oxygens (including phenoxy) is 1. The molecule has 2 atom stereocenters. The van der Waals surface area contributed by atoms with Crippen molar-refractivity contribution in [2.75, 3.05) is 19.5 Å². The molecule has 2 aliphatic carbocycles. The quantitative estimate of drug-likeness (QED) is 0.487. The maximum Gasteiger partial charge on any atom is 0.257 e. The zero-order valence-corrected chi connectivity index (χ0v) is 18.1. The third kappa shape index (κ3) is 2.96. The lowest BCUT2D eigenvalue weighted by Gasteiger charge is -2.35. The van der Waals surface area contributed by atoms with E-state index in [-0.39, 0.29) is 18.1 Å². The Morgan fingerprint density at radius 2 is 2.09 bits per heavy atom. The van der Waals surface area contributed by atoms with Gasteiger partial charge in [-0.25, -0.2) is 9.97 Å². The maximum atomic E-state index is 13.1. The van der Waals surface area contributed by atoms with Crippen LogP contribution in [0.25, 0.3) is 27.9 Å². The number of anilines is 1. The van der Waals surface area contributed by atoms with Crippen LogP contribution >= 0.6 is 0 Å². The minimum atomic E-state index is -0.180. The average Bonchev–Trinajstić information content (AvgIpc) is 3.43. The van der Waals surface area contributed by atoms with Crippen LogP contribution in [0.3, 0.4) is 0 Å². The van der Waals surface area contributed by atoms with Gasteiger partial charge in [0.2, 0.25) is 0 Å². The van der Waals surface area contributed by atoms with Crippen LogP contribution in [0.1, 0.15) is 42.1 Å². The summed E-state index contributed by atoms with van der Waals surface area (Å²) in [7, 11) is 3.52. The highest BCUT2D eigenvalue weighted by Gasteiger charge is 2.33. The molecule has 2 saturated carbocycles. The number of carbonyl (C=O) groups excluding carboxylic acids is 1. The van der Waals surface area contributed by atoms with Crippen molar-refractivity contribution in [1.29, 1.82) is 0 Å². The first-order valence-electron chi connectivity index (χ1n) is 11.0. The molecular formula is C23H25N7O2. The predicted molar refractivity (Wildman–Crippen MR) is 121 cm³/mol. The van der Waals surface area contributed by atoms with Crippen LogP contribution in [-0.4, -0.2) is 56.4 Å². The van der Waals surface area contributed by atoms with Gasteiger partial charge < -0.3 is 19.9 Å². The lowest BCUT2D eigenvalue weighted by atomic mass is 9.89. The first-order valence-corrected chi connectivity index (χ1v) is 11.0. The van der Waals surface area contributed by atoms with E-state index >= 15 is 0 Å². The number of amides is 1.